The summed E-state index contributed by atoms with van der Waals surface area (Å²) < 4.78 is 36.6. The predicted molar refractivity (Wildman–Crippen MR) is 36.5 cm³/mol. The van der Waals surface area contributed by atoms with Crippen molar-refractivity contribution in [1.29, 1.82) is 0 Å². The maximum atomic E-state index is 12.3. The van der Waals surface area contributed by atoms with Crippen LogP contribution in [0.1, 0.15) is 5.56 Å². The van der Waals surface area contributed by atoms with E-state index >= 15 is 0 Å². The molecule has 0 aromatic heterocycles. The first-order valence-corrected chi connectivity index (χ1v) is 2.58. The third-order valence-corrected chi connectivity index (χ3v) is 1.09. The van der Waals surface area contributed by atoms with Crippen LogP contribution in [-0.4, -0.2) is 23.1 Å². The number of benzene rings is 1. The summed E-state index contributed by atoms with van der Waals surface area (Å²) in [5.41, 5.74) is -0.140. The van der Waals surface area contributed by atoms with Gasteiger partial charge >= 0.3 is 23.1 Å². The Kier molecular flexibility index (Phi) is 6.70. The number of halogens is 4. The van der Waals surface area contributed by atoms with E-state index in [2.05, 4.69) is 6.92 Å². The maximum Gasteiger partial charge on any atom is 2.00 e. The van der Waals surface area contributed by atoms with Gasteiger partial charge in [-0.2, -0.15) is 12.5 Å². The van der Waals surface area contributed by atoms with Crippen LogP contribution in [0.15, 0.2) is 12.1 Å². The van der Waals surface area contributed by atoms with Gasteiger partial charge in [0.2, 0.25) is 0 Å². The fraction of sp³-hybridized carbons (Fsp3) is 0. The van der Waals surface area contributed by atoms with E-state index < -0.39 is 17.5 Å². The first-order chi connectivity index (χ1) is 4.61. The SMILES string of the molecule is [CH2-]c1cc(F)c(F)cc1F.[Cl-].[Mg+2]. The minimum absolute atomic E-state index is 0. The quantitative estimate of drug-likeness (QED) is 0.286. The average molecular weight is 205 g/mol. The number of rotatable bonds is 0. The first kappa shape index (κ1) is 14.5. The van der Waals surface area contributed by atoms with E-state index in [1.54, 1.807) is 0 Å². The smallest absolute Gasteiger partial charge is 1.00 e. The van der Waals surface area contributed by atoms with Gasteiger partial charge in [-0.05, 0) is 6.07 Å². The molecule has 0 heterocycles. The van der Waals surface area contributed by atoms with Crippen molar-refractivity contribution < 1.29 is 25.6 Å². The molecule has 0 radical (unpaired) electrons. The van der Waals surface area contributed by atoms with Gasteiger partial charge in [-0.25, -0.2) is 8.78 Å². The zero-order valence-electron chi connectivity index (χ0n) is 6.08. The Morgan fingerprint density at radius 1 is 0.917 bits per heavy atom. The van der Waals surface area contributed by atoms with Gasteiger partial charge in [-0.3, -0.25) is 4.39 Å². The van der Waals surface area contributed by atoms with E-state index in [0.717, 1.165) is 0 Å². The molecule has 0 nitrogen and oxygen atoms in total. The second kappa shape index (κ2) is 5.56. The van der Waals surface area contributed by atoms with Crippen molar-refractivity contribution in [1.82, 2.24) is 0 Å². The van der Waals surface area contributed by atoms with Crippen LogP contribution >= 0.6 is 0 Å². The van der Waals surface area contributed by atoms with Crippen LogP contribution in [0.4, 0.5) is 13.2 Å². The van der Waals surface area contributed by atoms with Crippen LogP contribution in [0.3, 0.4) is 0 Å². The normalized spacial score (nSPS) is 8.25. The molecule has 0 aliphatic carbocycles. The molecule has 0 atom stereocenters. The number of hydrogen-bond donors (Lipinski definition) is 0. The van der Waals surface area contributed by atoms with Crippen LogP contribution in [0.5, 0.6) is 0 Å². The minimum atomic E-state index is -1.19. The topological polar surface area (TPSA) is 0 Å². The molecule has 1 aromatic carbocycles. The standard InChI is InChI=1S/C7H4F3.ClH.Mg/c1-4-2-6(9)7(10)3-5(4)8;;/h2-3H,1H2;1H;/q-1;;+2/p-1. The summed E-state index contributed by atoms with van der Waals surface area (Å²) in [6.07, 6.45) is 0. The molecule has 0 bridgehead atoms. The van der Waals surface area contributed by atoms with Crippen molar-refractivity contribution in [2.24, 2.45) is 0 Å². The van der Waals surface area contributed by atoms with E-state index in [-0.39, 0.29) is 41.0 Å². The summed E-state index contributed by atoms with van der Waals surface area (Å²) in [6, 6.07) is 1.18. The summed E-state index contributed by atoms with van der Waals surface area (Å²) in [5, 5.41) is 0. The minimum Gasteiger partial charge on any atom is -1.00 e. The second-order valence-corrected chi connectivity index (χ2v) is 1.86. The maximum absolute atomic E-state index is 12.3. The molecule has 0 aliphatic heterocycles. The van der Waals surface area contributed by atoms with Crippen LogP contribution in [0.2, 0.25) is 0 Å². The first-order valence-electron chi connectivity index (χ1n) is 2.58. The van der Waals surface area contributed by atoms with Crippen LogP contribution in [-0.2, 0) is 0 Å². The zero-order valence-corrected chi connectivity index (χ0v) is 8.25. The predicted octanol–water partition coefficient (Wildman–Crippen LogP) is -1.09. The Balaban J connectivity index is 0. The van der Waals surface area contributed by atoms with E-state index in [4.69, 9.17) is 0 Å². The van der Waals surface area contributed by atoms with Crippen molar-refractivity contribution in [3.05, 3.63) is 42.1 Å². The van der Waals surface area contributed by atoms with Crippen molar-refractivity contribution in [2.75, 3.05) is 0 Å². The van der Waals surface area contributed by atoms with Crippen LogP contribution in [0.25, 0.3) is 0 Å². The summed E-state index contributed by atoms with van der Waals surface area (Å²) in [6.45, 7) is 3.14. The molecule has 0 spiro atoms. The molecule has 5 heteroatoms. The van der Waals surface area contributed by atoms with Crippen LogP contribution in [0, 0.1) is 24.4 Å². The Hall–Kier alpha value is -0.0638. The van der Waals surface area contributed by atoms with Gasteiger partial charge in [-0.15, -0.1) is 6.07 Å². The Bertz CT molecular complexity index is 215. The molecule has 0 N–H and O–H groups in total. The van der Waals surface area contributed by atoms with Crippen molar-refractivity contribution in [3.63, 3.8) is 0 Å². The van der Waals surface area contributed by atoms with Gasteiger partial charge in [0.1, 0.15) is 11.6 Å². The Morgan fingerprint density at radius 2 is 1.33 bits per heavy atom. The summed E-state index contributed by atoms with van der Waals surface area (Å²) in [4.78, 5) is 0. The van der Waals surface area contributed by atoms with Crippen molar-refractivity contribution in [3.8, 4) is 0 Å². The molecule has 1 aromatic rings. The van der Waals surface area contributed by atoms with E-state index in [1.807, 2.05) is 0 Å². The van der Waals surface area contributed by atoms with E-state index in [1.165, 1.54) is 0 Å². The molecular weight excluding hydrogens is 201 g/mol. The molecule has 0 saturated heterocycles. The van der Waals surface area contributed by atoms with Gasteiger partial charge in [0.25, 0.3) is 0 Å². The van der Waals surface area contributed by atoms with Gasteiger partial charge in [0, 0.05) is 5.82 Å². The van der Waals surface area contributed by atoms with Gasteiger partial charge in [0.05, 0.1) is 0 Å². The van der Waals surface area contributed by atoms with Crippen molar-refractivity contribution in [2.45, 2.75) is 0 Å². The summed E-state index contributed by atoms with van der Waals surface area (Å²) in [5.74, 6) is -3.10. The molecule has 0 unspecified atom stereocenters. The summed E-state index contributed by atoms with van der Waals surface area (Å²) in [7, 11) is 0. The molecule has 1 rings (SSSR count). The molecule has 12 heavy (non-hydrogen) atoms. The Labute approximate surface area is 90.7 Å². The third-order valence-electron chi connectivity index (χ3n) is 1.09. The van der Waals surface area contributed by atoms with Gasteiger partial charge in [-0.1, -0.05) is 0 Å². The van der Waals surface area contributed by atoms with E-state index in [0.29, 0.717) is 12.1 Å². The monoisotopic (exact) mass is 204 g/mol. The van der Waals surface area contributed by atoms with Gasteiger partial charge in [0.15, 0.2) is 0 Å². The number of hydrogen-bond acceptors (Lipinski definition) is 0. The average Bonchev–Trinajstić information content (AvgIpc) is 1.84. The second-order valence-electron chi connectivity index (χ2n) is 1.86. The van der Waals surface area contributed by atoms with Crippen molar-refractivity contribution >= 4 is 23.1 Å². The molecule has 62 valence electrons. The molecule has 0 saturated carbocycles. The zero-order chi connectivity index (χ0) is 7.72. The van der Waals surface area contributed by atoms with E-state index in [9.17, 15) is 13.2 Å². The molecule has 0 amide bonds. The fourth-order valence-electron chi connectivity index (χ4n) is 0.564. The largest absolute Gasteiger partial charge is 2.00 e. The molecule has 0 aliphatic rings. The molecular formula is C7H4ClF3Mg. The molecule has 0 fully saturated rings. The fourth-order valence-corrected chi connectivity index (χ4v) is 0.564. The summed E-state index contributed by atoms with van der Waals surface area (Å²) >= 11 is 0. The van der Waals surface area contributed by atoms with Crippen LogP contribution < -0.4 is 12.4 Å². The van der Waals surface area contributed by atoms with Gasteiger partial charge < -0.3 is 12.4 Å². The third kappa shape index (κ3) is 3.12. The Morgan fingerprint density at radius 3 is 1.75 bits per heavy atom.